The average molecular weight is 514 g/mol. The van der Waals surface area contributed by atoms with Crippen molar-refractivity contribution in [2.75, 3.05) is 26.1 Å². The van der Waals surface area contributed by atoms with Gasteiger partial charge in [0.15, 0.2) is 0 Å². The summed E-state index contributed by atoms with van der Waals surface area (Å²) in [5.74, 6) is 0.863. The highest BCUT2D eigenvalue weighted by Crippen LogP contribution is 2.41. The van der Waals surface area contributed by atoms with E-state index in [1.165, 1.54) is 38.3 Å². The fraction of sp³-hybridized carbons (Fsp3) is 0.0857. The number of hydrogen-bond acceptors (Lipinski definition) is 2. The summed E-state index contributed by atoms with van der Waals surface area (Å²) in [6.45, 7) is 0. The van der Waals surface area contributed by atoms with Gasteiger partial charge in [0, 0.05) is 25.3 Å². The van der Waals surface area contributed by atoms with Crippen molar-refractivity contribution in [3.05, 3.63) is 139 Å². The normalized spacial score (nSPS) is 11.2. The minimum atomic E-state index is -0.750. The van der Waals surface area contributed by atoms with Crippen LogP contribution in [-0.2, 0) is 0 Å². The molecule has 0 unspecified atom stereocenters. The maximum absolute atomic E-state index is 5.33. The van der Waals surface area contributed by atoms with Crippen molar-refractivity contribution >= 4 is 41.7 Å². The van der Waals surface area contributed by atoms with Crippen LogP contribution in [0.4, 0.5) is 5.69 Å². The van der Waals surface area contributed by atoms with Gasteiger partial charge in [-0.2, -0.15) is 0 Å². The summed E-state index contributed by atoms with van der Waals surface area (Å²) in [5, 5.41) is 4.05. The third kappa shape index (κ3) is 5.57. The lowest BCUT2D eigenvalue weighted by Gasteiger charge is -2.26. The van der Waals surface area contributed by atoms with Crippen LogP contribution in [0.3, 0.4) is 0 Å². The first-order valence-electron chi connectivity index (χ1n) is 12.8. The van der Waals surface area contributed by atoms with Crippen molar-refractivity contribution in [2.24, 2.45) is 0 Å². The molecule has 0 N–H and O–H groups in total. The zero-order valence-electron chi connectivity index (χ0n) is 22.1. The average Bonchev–Trinajstić information content (AvgIpc) is 2.98. The molecule has 0 amide bonds. The number of nitrogens with zero attached hydrogens (tertiary/aromatic N) is 1. The zero-order valence-corrected chi connectivity index (χ0v) is 23.0. The molecule has 0 saturated heterocycles. The van der Waals surface area contributed by atoms with Crippen molar-refractivity contribution in [2.45, 2.75) is 0 Å². The molecular formula is C35H32NOP. The van der Waals surface area contributed by atoms with Gasteiger partial charge in [0.1, 0.15) is 5.75 Å². The molecular weight excluding hydrogens is 481 g/mol. The fourth-order valence-corrected chi connectivity index (χ4v) is 7.18. The van der Waals surface area contributed by atoms with E-state index in [1.807, 2.05) is 12.1 Å². The predicted molar refractivity (Wildman–Crippen MR) is 167 cm³/mol. The van der Waals surface area contributed by atoms with Crippen LogP contribution < -0.4 is 25.6 Å². The third-order valence-corrected chi connectivity index (χ3v) is 9.07. The van der Waals surface area contributed by atoms with Crippen molar-refractivity contribution < 1.29 is 4.74 Å². The summed E-state index contributed by atoms with van der Waals surface area (Å²) in [6.07, 6.45) is 4.41. The minimum absolute atomic E-state index is 0.750. The number of rotatable bonds is 8. The van der Waals surface area contributed by atoms with E-state index < -0.39 is 7.92 Å². The van der Waals surface area contributed by atoms with E-state index in [9.17, 15) is 0 Å². The summed E-state index contributed by atoms with van der Waals surface area (Å²) in [5.41, 5.74) is 6.04. The van der Waals surface area contributed by atoms with E-state index in [0.717, 1.165) is 11.3 Å². The van der Waals surface area contributed by atoms with Gasteiger partial charge in [-0.05, 0) is 58.7 Å². The van der Waals surface area contributed by atoms with Crippen LogP contribution in [0.1, 0.15) is 11.1 Å². The lowest BCUT2D eigenvalue weighted by Crippen LogP contribution is -2.22. The lowest BCUT2D eigenvalue weighted by molar-refractivity contribution is 0.415. The van der Waals surface area contributed by atoms with E-state index >= 15 is 0 Å². The maximum atomic E-state index is 5.33. The number of hydrogen-bond donors (Lipinski definition) is 0. The van der Waals surface area contributed by atoms with E-state index in [2.05, 4.69) is 146 Å². The van der Waals surface area contributed by atoms with Gasteiger partial charge in [0.2, 0.25) is 0 Å². The van der Waals surface area contributed by atoms with Gasteiger partial charge in [0.25, 0.3) is 0 Å². The Morgan fingerprint density at radius 3 is 1.82 bits per heavy atom. The van der Waals surface area contributed by atoms with Crippen molar-refractivity contribution in [1.29, 1.82) is 0 Å². The number of methoxy groups -OCH3 is 1. The van der Waals surface area contributed by atoms with Gasteiger partial charge in [-0.1, -0.05) is 121 Å². The van der Waals surface area contributed by atoms with Crippen LogP contribution in [0.2, 0.25) is 0 Å². The van der Waals surface area contributed by atoms with Crippen molar-refractivity contribution in [3.63, 3.8) is 0 Å². The quantitative estimate of drug-likeness (QED) is 0.159. The molecule has 0 aliphatic rings. The summed E-state index contributed by atoms with van der Waals surface area (Å²) >= 11 is 0. The number of benzene rings is 5. The van der Waals surface area contributed by atoms with Gasteiger partial charge in [-0.3, -0.25) is 0 Å². The summed E-state index contributed by atoms with van der Waals surface area (Å²) in [6, 6.07) is 45.5. The molecule has 2 nitrogen and oxygen atoms in total. The minimum Gasteiger partial charge on any atom is -0.497 e. The van der Waals surface area contributed by atoms with Crippen molar-refractivity contribution in [1.82, 2.24) is 0 Å². The molecule has 5 aromatic rings. The molecule has 0 heterocycles. The fourth-order valence-electron chi connectivity index (χ4n) is 4.72. The van der Waals surface area contributed by atoms with Gasteiger partial charge in [0.05, 0.1) is 7.11 Å². The highest BCUT2D eigenvalue weighted by molar-refractivity contribution is 7.80. The number of anilines is 1. The van der Waals surface area contributed by atoms with Crippen LogP contribution >= 0.6 is 7.92 Å². The second-order valence-corrected chi connectivity index (χ2v) is 11.5. The molecule has 0 bridgehead atoms. The molecule has 0 fully saturated rings. The molecule has 0 atom stereocenters. The van der Waals surface area contributed by atoms with E-state index in [1.54, 1.807) is 7.11 Å². The second-order valence-electron chi connectivity index (χ2n) is 9.27. The van der Waals surface area contributed by atoms with Gasteiger partial charge < -0.3 is 9.64 Å². The van der Waals surface area contributed by atoms with Gasteiger partial charge >= 0.3 is 0 Å². The highest BCUT2D eigenvalue weighted by atomic mass is 31.1. The molecule has 0 aliphatic carbocycles. The standard InChI is InChI=1S/C35H32NOP/c1-36(2)33-19-12-13-28(24-21-27-22-25-29(37-3)26-23-27)35(33)32-18-10-11-20-34(32)38(30-14-6-4-7-15-30)31-16-8-5-9-17-31/h4-26H,1-3H3/b24-21+. The smallest absolute Gasteiger partial charge is 0.118 e. The monoisotopic (exact) mass is 513 g/mol. The molecule has 3 heteroatoms. The lowest BCUT2D eigenvalue weighted by atomic mass is 9.96. The highest BCUT2D eigenvalue weighted by Gasteiger charge is 2.22. The Hall–Kier alpha value is -4.13. The van der Waals surface area contributed by atoms with Crippen LogP contribution in [0.25, 0.3) is 23.3 Å². The number of ether oxygens (including phenoxy) is 1. The van der Waals surface area contributed by atoms with Crippen LogP contribution in [0, 0.1) is 0 Å². The largest absolute Gasteiger partial charge is 0.497 e. The van der Waals surface area contributed by atoms with Crippen molar-refractivity contribution in [3.8, 4) is 16.9 Å². The van der Waals surface area contributed by atoms with Gasteiger partial charge in [-0.15, -0.1) is 0 Å². The summed E-state index contributed by atoms with van der Waals surface area (Å²) in [4.78, 5) is 2.21. The Balaban J connectivity index is 1.69. The first-order valence-corrected chi connectivity index (χ1v) is 14.1. The van der Waals surface area contributed by atoms with Crippen LogP contribution in [0.15, 0.2) is 127 Å². The Kier molecular flexibility index (Phi) is 8.02. The van der Waals surface area contributed by atoms with Crippen LogP contribution in [0.5, 0.6) is 5.75 Å². The van der Waals surface area contributed by atoms with E-state index in [4.69, 9.17) is 4.74 Å². The Morgan fingerprint density at radius 1 is 0.605 bits per heavy atom. The SMILES string of the molecule is COc1ccc(/C=C/c2cccc(N(C)C)c2-c2ccccc2P(c2ccccc2)c2ccccc2)cc1. The molecule has 0 aromatic heterocycles. The first-order chi connectivity index (χ1) is 18.7. The molecule has 188 valence electrons. The molecule has 0 saturated carbocycles. The first kappa shape index (κ1) is 25.5. The zero-order chi connectivity index (χ0) is 26.3. The Bertz CT molecular complexity index is 1470. The molecule has 0 spiro atoms. The predicted octanol–water partition coefficient (Wildman–Crippen LogP) is 7.36. The van der Waals surface area contributed by atoms with Gasteiger partial charge in [-0.25, -0.2) is 0 Å². The topological polar surface area (TPSA) is 12.5 Å². The van der Waals surface area contributed by atoms with E-state index in [-0.39, 0.29) is 0 Å². The molecule has 5 rings (SSSR count). The molecule has 0 radical (unpaired) electrons. The second kappa shape index (κ2) is 11.9. The Labute approximate surface area is 227 Å². The third-order valence-electron chi connectivity index (χ3n) is 6.57. The molecule has 0 aliphatic heterocycles. The van der Waals surface area contributed by atoms with Crippen LogP contribution in [-0.4, -0.2) is 21.2 Å². The summed E-state index contributed by atoms with van der Waals surface area (Å²) in [7, 11) is 5.19. The molecule has 38 heavy (non-hydrogen) atoms. The Morgan fingerprint density at radius 2 is 1.21 bits per heavy atom. The molecule has 5 aromatic carbocycles. The summed E-state index contributed by atoms with van der Waals surface area (Å²) < 4.78 is 5.33. The maximum Gasteiger partial charge on any atom is 0.118 e. The van der Waals surface area contributed by atoms with E-state index in [0.29, 0.717) is 0 Å².